The highest BCUT2D eigenvalue weighted by Crippen LogP contribution is 2.31. The van der Waals surface area contributed by atoms with Crippen molar-refractivity contribution in [3.05, 3.63) is 28.8 Å². The first-order valence-electron chi connectivity index (χ1n) is 7.54. The average Bonchev–Trinajstić information content (AvgIpc) is 3.24. The fraction of sp³-hybridized carbons (Fsp3) is 0.625. The van der Waals surface area contributed by atoms with Crippen LogP contribution < -0.4 is 10.2 Å². The van der Waals surface area contributed by atoms with E-state index in [1.165, 1.54) is 24.1 Å². The molecule has 0 radical (unpaired) electrons. The number of ether oxygens (including phenoxy) is 1. The second kappa shape index (κ2) is 5.92. The van der Waals surface area contributed by atoms with Crippen LogP contribution in [0.5, 0.6) is 0 Å². The topological polar surface area (TPSA) is 24.5 Å². The van der Waals surface area contributed by atoms with Gasteiger partial charge in [-0.3, -0.25) is 0 Å². The SMILES string of the molecule is CC1CN(c2cccc(Cl)c2CNC2CC2)C(C)CO1. The van der Waals surface area contributed by atoms with Gasteiger partial charge in [0.2, 0.25) is 0 Å². The zero-order valence-corrected chi connectivity index (χ0v) is 13.0. The van der Waals surface area contributed by atoms with E-state index in [1.54, 1.807) is 0 Å². The summed E-state index contributed by atoms with van der Waals surface area (Å²) in [6.07, 6.45) is 2.87. The Hall–Kier alpha value is -0.770. The van der Waals surface area contributed by atoms with Gasteiger partial charge >= 0.3 is 0 Å². The third-order valence-corrected chi connectivity index (χ3v) is 4.51. The van der Waals surface area contributed by atoms with Crippen molar-refractivity contribution in [1.82, 2.24) is 5.32 Å². The maximum Gasteiger partial charge on any atom is 0.0723 e. The van der Waals surface area contributed by atoms with Crippen LogP contribution >= 0.6 is 11.6 Å². The van der Waals surface area contributed by atoms with Gasteiger partial charge in [-0.25, -0.2) is 0 Å². The molecule has 1 aliphatic heterocycles. The zero-order chi connectivity index (χ0) is 14.1. The van der Waals surface area contributed by atoms with E-state index in [9.17, 15) is 0 Å². The predicted octanol–water partition coefficient (Wildman–Crippen LogP) is 3.21. The molecule has 4 heteroatoms. The van der Waals surface area contributed by atoms with Crippen molar-refractivity contribution in [3.8, 4) is 0 Å². The molecule has 0 aromatic heterocycles. The lowest BCUT2D eigenvalue weighted by molar-refractivity contribution is 0.0343. The molecule has 1 N–H and O–H groups in total. The molecule has 2 atom stereocenters. The number of rotatable bonds is 4. The van der Waals surface area contributed by atoms with E-state index in [0.717, 1.165) is 24.7 Å². The molecule has 1 saturated carbocycles. The summed E-state index contributed by atoms with van der Waals surface area (Å²) in [5, 5.41) is 4.44. The number of benzene rings is 1. The minimum atomic E-state index is 0.273. The number of halogens is 1. The van der Waals surface area contributed by atoms with Gasteiger partial charge < -0.3 is 15.0 Å². The van der Waals surface area contributed by atoms with E-state index in [2.05, 4.69) is 30.1 Å². The largest absolute Gasteiger partial charge is 0.375 e. The third kappa shape index (κ3) is 3.11. The molecule has 3 rings (SSSR count). The van der Waals surface area contributed by atoms with E-state index in [-0.39, 0.29) is 6.10 Å². The molecule has 20 heavy (non-hydrogen) atoms. The van der Waals surface area contributed by atoms with Crippen LogP contribution in [0.3, 0.4) is 0 Å². The first kappa shape index (κ1) is 14.2. The molecule has 1 aromatic rings. The molecule has 0 bridgehead atoms. The van der Waals surface area contributed by atoms with Crippen LogP contribution in [0.1, 0.15) is 32.3 Å². The van der Waals surface area contributed by atoms with Crippen molar-refractivity contribution in [2.75, 3.05) is 18.1 Å². The van der Waals surface area contributed by atoms with Gasteiger partial charge in [0, 0.05) is 41.4 Å². The Morgan fingerprint density at radius 2 is 2.15 bits per heavy atom. The lowest BCUT2D eigenvalue weighted by Gasteiger charge is -2.39. The lowest BCUT2D eigenvalue weighted by Crippen LogP contribution is -2.48. The summed E-state index contributed by atoms with van der Waals surface area (Å²) in [6, 6.07) is 7.31. The van der Waals surface area contributed by atoms with E-state index < -0.39 is 0 Å². The van der Waals surface area contributed by atoms with Crippen molar-refractivity contribution in [1.29, 1.82) is 0 Å². The number of hydrogen-bond acceptors (Lipinski definition) is 3. The minimum absolute atomic E-state index is 0.273. The molecule has 2 unspecified atom stereocenters. The molecule has 2 fully saturated rings. The van der Waals surface area contributed by atoms with Crippen molar-refractivity contribution in [2.24, 2.45) is 0 Å². The van der Waals surface area contributed by atoms with Gasteiger partial charge in [0.05, 0.1) is 12.7 Å². The molecule has 1 aromatic carbocycles. The summed E-state index contributed by atoms with van der Waals surface area (Å²) in [5.41, 5.74) is 2.48. The van der Waals surface area contributed by atoms with Gasteiger partial charge in [-0.1, -0.05) is 17.7 Å². The Morgan fingerprint density at radius 1 is 1.35 bits per heavy atom. The Bertz CT molecular complexity index is 476. The van der Waals surface area contributed by atoms with Gasteiger partial charge in [-0.2, -0.15) is 0 Å². The summed E-state index contributed by atoms with van der Waals surface area (Å²) in [7, 11) is 0. The first-order valence-corrected chi connectivity index (χ1v) is 7.92. The molecule has 2 aliphatic rings. The van der Waals surface area contributed by atoms with Crippen LogP contribution in [-0.4, -0.2) is 31.3 Å². The third-order valence-electron chi connectivity index (χ3n) is 4.16. The van der Waals surface area contributed by atoms with Gasteiger partial charge in [0.15, 0.2) is 0 Å². The van der Waals surface area contributed by atoms with E-state index in [1.807, 2.05) is 12.1 Å². The fourth-order valence-corrected chi connectivity index (χ4v) is 3.00. The van der Waals surface area contributed by atoms with Crippen molar-refractivity contribution in [3.63, 3.8) is 0 Å². The highest BCUT2D eigenvalue weighted by Gasteiger charge is 2.27. The molecule has 1 saturated heterocycles. The Labute approximate surface area is 126 Å². The van der Waals surface area contributed by atoms with Gasteiger partial charge in [0.1, 0.15) is 0 Å². The van der Waals surface area contributed by atoms with Gasteiger partial charge in [0.25, 0.3) is 0 Å². The Morgan fingerprint density at radius 3 is 2.90 bits per heavy atom. The maximum absolute atomic E-state index is 6.44. The van der Waals surface area contributed by atoms with Gasteiger partial charge in [-0.15, -0.1) is 0 Å². The minimum Gasteiger partial charge on any atom is -0.375 e. The van der Waals surface area contributed by atoms with Crippen LogP contribution in [0.25, 0.3) is 0 Å². The molecular weight excluding hydrogens is 272 g/mol. The van der Waals surface area contributed by atoms with Crippen molar-refractivity contribution < 1.29 is 4.74 Å². The predicted molar refractivity (Wildman–Crippen MR) is 83.5 cm³/mol. The monoisotopic (exact) mass is 294 g/mol. The average molecular weight is 295 g/mol. The number of anilines is 1. The molecular formula is C16H23ClN2O. The van der Waals surface area contributed by atoms with Crippen LogP contribution in [0.4, 0.5) is 5.69 Å². The highest BCUT2D eigenvalue weighted by atomic mass is 35.5. The van der Waals surface area contributed by atoms with Crippen molar-refractivity contribution in [2.45, 2.75) is 51.4 Å². The quantitative estimate of drug-likeness (QED) is 0.923. The summed E-state index contributed by atoms with van der Waals surface area (Å²) in [6.45, 7) is 6.91. The number of hydrogen-bond donors (Lipinski definition) is 1. The summed E-state index contributed by atoms with van der Waals surface area (Å²) < 4.78 is 5.73. The summed E-state index contributed by atoms with van der Waals surface area (Å²) in [5.74, 6) is 0. The molecule has 1 heterocycles. The second-order valence-electron chi connectivity index (χ2n) is 6.04. The maximum atomic E-state index is 6.44. The van der Waals surface area contributed by atoms with Crippen LogP contribution in [0, 0.1) is 0 Å². The molecule has 0 amide bonds. The molecule has 3 nitrogen and oxygen atoms in total. The van der Waals surface area contributed by atoms with Crippen molar-refractivity contribution >= 4 is 17.3 Å². The van der Waals surface area contributed by atoms with Gasteiger partial charge in [-0.05, 0) is 38.8 Å². The number of morpholine rings is 1. The first-order chi connectivity index (χ1) is 9.65. The smallest absolute Gasteiger partial charge is 0.0723 e. The second-order valence-corrected chi connectivity index (χ2v) is 6.45. The molecule has 1 aliphatic carbocycles. The Kier molecular flexibility index (Phi) is 4.20. The molecule has 110 valence electrons. The molecule has 0 spiro atoms. The van der Waals surface area contributed by atoms with E-state index >= 15 is 0 Å². The highest BCUT2D eigenvalue weighted by molar-refractivity contribution is 6.31. The van der Waals surface area contributed by atoms with E-state index in [4.69, 9.17) is 16.3 Å². The lowest BCUT2D eigenvalue weighted by atomic mass is 10.1. The van der Waals surface area contributed by atoms with Crippen LogP contribution in [-0.2, 0) is 11.3 Å². The number of nitrogens with zero attached hydrogens (tertiary/aromatic N) is 1. The summed E-state index contributed by atoms with van der Waals surface area (Å²) in [4.78, 5) is 2.43. The summed E-state index contributed by atoms with van der Waals surface area (Å²) >= 11 is 6.44. The number of nitrogens with one attached hydrogen (secondary N) is 1. The van der Waals surface area contributed by atoms with Crippen LogP contribution in [0.2, 0.25) is 5.02 Å². The normalized spacial score (nSPS) is 26.9. The Balaban J connectivity index is 1.84. The fourth-order valence-electron chi connectivity index (χ4n) is 2.76. The zero-order valence-electron chi connectivity index (χ0n) is 12.2. The van der Waals surface area contributed by atoms with Crippen LogP contribution in [0.15, 0.2) is 18.2 Å². The standard InChI is InChI=1S/C16H23ClN2O/c1-11-10-20-12(2)9-19(11)16-5-3-4-15(17)14(16)8-18-13-6-7-13/h3-5,11-13,18H,6-10H2,1-2H3. The van der Waals surface area contributed by atoms with E-state index in [0.29, 0.717) is 12.1 Å².